The van der Waals surface area contributed by atoms with Gasteiger partial charge >= 0.3 is 5.97 Å². The molecule has 1 rings (SSSR count). The lowest BCUT2D eigenvalue weighted by molar-refractivity contribution is -0.150. The van der Waals surface area contributed by atoms with Crippen molar-refractivity contribution in [1.29, 1.82) is 0 Å². The fraction of sp³-hybridized carbons (Fsp3) is 0.552. The lowest BCUT2D eigenvalue weighted by Crippen LogP contribution is -2.46. The van der Waals surface area contributed by atoms with Gasteiger partial charge in [-0.2, -0.15) is 0 Å². The molecule has 0 bridgehead atoms. The molecule has 0 aliphatic rings. The third-order valence-electron chi connectivity index (χ3n) is 6.09. The summed E-state index contributed by atoms with van der Waals surface area (Å²) >= 11 is 0. The number of aliphatic hydroxyl groups is 1. The highest BCUT2D eigenvalue weighted by molar-refractivity contribution is 5.86. The first-order chi connectivity index (χ1) is 17.2. The van der Waals surface area contributed by atoms with Crippen molar-refractivity contribution in [3.63, 3.8) is 0 Å². The molecule has 0 radical (unpaired) electrons. The van der Waals surface area contributed by atoms with E-state index in [0.29, 0.717) is 19.3 Å². The van der Waals surface area contributed by atoms with E-state index in [2.05, 4.69) is 23.8 Å². The van der Waals surface area contributed by atoms with Crippen LogP contribution in [0, 0.1) is 17.8 Å². The Kier molecular flexibility index (Phi) is 15.1. The largest absolute Gasteiger partial charge is 0.463 e. The van der Waals surface area contributed by atoms with Crippen LogP contribution >= 0.6 is 0 Å². The minimum atomic E-state index is -0.602. The predicted molar refractivity (Wildman–Crippen MR) is 143 cm³/mol. The molecular weight excluding hydrogens is 456 g/mol. The van der Waals surface area contributed by atoms with Crippen LogP contribution in [0.5, 0.6) is 0 Å². The van der Waals surface area contributed by atoms with Gasteiger partial charge in [-0.3, -0.25) is 14.4 Å². The molecule has 200 valence electrons. The average molecular weight is 501 g/mol. The van der Waals surface area contributed by atoms with E-state index in [-0.39, 0.29) is 55.3 Å². The van der Waals surface area contributed by atoms with Gasteiger partial charge in [0.25, 0.3) is 0 Å². The first-order valence-corrected chi connectivity index (χ1v) is 12.8. The number of esters is 1. The number of amides is 2. The molecular formula is C29H44N2O5. The molecule has 1 aromatic rings. The third-order valence-corrected chi connectivity index (χ3v) is 6.09. The van der Waals surface area contributed by atoms with E-state index in [1.54, 1.807) is 13.0 Å². The Morgan fingerprint density at radius 1 is 1.03 bits per heavy atom. The third kappa shape index (κ3) is 12.2. The quantitative estimate of drug-likeness (QED) is 0.161. The van der Waals surface area contributed by atoms with Crippen molar-refractivity contribution in [2.75, 3.05) is 13.2 Å². The van der Waals surface area contributed by atoms with Crippen LogP contribution in [0.1, 0.15) is 58.4 Å². The van der Waals surface area contributed by atoms with Gasteiger partial charge in [0.2, 0.25) is 11.8 Å². The zero-order valence-electron chi connectivity index (χ0n) is 22.1. The van der Waals surface area contributed by atoms with E-state index in [1.807, 2.05) is 50.3 Å². The van der Waals surface area contributed by atoms with E-state index >= 15 is 0 Å². The van der Waals surface area contributed by atoms with E-state index in [0.717, 1.165) is 18.4 Å². The lowest BCUT2D eigenvalue weighted by atomic mass is 9.94. The van der Waals surface area contributed by atoms with Gasteiger partial charge in [-0.05, 0) is 50.5 Å². The normalized spacial score (nSPS) is 14.2. The highest BCUT2D eigenvalue weighted by Crippen LogP contribution is 2.18. The highest BCUT2D eigenvalue weighted by Gasteiger charge is 2.27. The van der Waals surface area contributed by atoms with Crippen LogP contribution < -0.4 is 10.6 Å². The summed E-state index contributed by atoms with van der Waals surface area (Å²) in [5, 5.41) is 14.8. The number of ether oxygens (including phenoxy) is 1. The second-order valence-corrected chi connectivity index (χ2v) is 9.67. The number of rotatable bonds is 18. The van der Waals surface area contributed by atoms with Crippen LogP contribution in [0.2, 0.25) is 0 Å². The van der Waals surface area contributed by atoms with Gasteiger partial charge in [-0.25, -0.2) is 0 Å². The summed E-state index contributed by atoms with van der Waals surface area (Å²) < 4.78 is 5.71. The lowest BCUT2D eigenvalue weighted by Gasteiger charge is -2.26. The fourth-order valence-corrected chi connectivity index (χ4v) is 3.79. The molecule has 0 heterocycles. The first-order valence-electron chi connectivity index (χ1n) is 12.8. The monoisotopic (exact) mass is 500 g/mol. The Bertz CT molecular complexity index is 824. The molecule has 1 aromatic carbocycles. The topological polar surface area (TPSA) is 105 Å². The van der Waals surface area contributed by atoms with Crippen LogP contribution in [0.15, 0.2) is 55.6 Å². The Balaban J connectivity index is 2.79. The number of carbonyl (C=O) groups excluding carboxylic acids is 3. The molecule has 0 saturated heterocycles. The summed E-state index contributed by atoms with van der Waals surface area (Å²) in [6, 6.07) is 9.08. The minimum absolute atomic E-state index is 0.0164. The number of carbonyl (C=O) groups is 3. The summed E-state index contributed by atoms with van der Waals surface area (Å²) in [6.45, 7) is 12.9. The maximum Gasteiger partial charge on any atom is 0.309 e. The van der Waals surface area contributed by atoms with E-state index < -0.39 is 12.0 Å². The van der Waals surface area contributed by atoms with Crippen LogP contribution in [0.25, 0.3) is 0 Å². The number of benzene rings is 1. The molecule has 0 spiro atoms. The molecule has 4 atom stereocenters. The Labute approximate surface area is 216 Å². The van der Waals surface area contributed by atoms with Crippen LogP contribution in [-0.2, 0) is 25.5 Å². The molecule has 0 aromatic heterocycles. The zero-order valence-corrected chi connectivity index (χ0v) is 22.1. The summed E-state index contributed by atoms with van der Waals surface area (Å²) in [5.41, 5.74) is 1.08. The standard InChI is InChI=1S/C29H44N2O5/c1-6-8-10-16-25(17-23-14-11-9-12-15-23)29(35)36-20-26(21(3)4)31-28(34)24(13-7-2)18-27(33)30-22(5)19-32/h6-7,9,11-12,14-15,21-22,24-26,32H,1-2,8,10,13,16-20H2,3-5H3,(H,30,33)(H,31,34). The van der Waals surface area contributed by atoms with Crippen molar-refractivity contribution in [3.05, 3.63) is 61.2 Å². The molecule has 0 saturated carbocycles. The molecule has 0 fully saturated rings. The summed E-state index contributed by atoms with van der Waals surface area (Å²) in [7, 11) is 0. The van der Waals surface area contributed by atoms with E-state index in [4.69, 9.17) is 9.84 Å². The first kappa shape index (κ1) is 31.1. The molecule has 3 N–H and O–H groups in total. The maximum atomic E-state index is 13.0. The SMILES string of the molecule is C=CCCCC(Cc1ccccc1)C(=O)OCC(NC(=O)C(CC=C)CC(=O)NC(C)CO)C(C)C. The molecule has 7 heteroatoms. The molecule has 36 heavy (non-hydrogen) atoms. The van der Waals surface area contributed by atoms with Crippen molar-refractivity contribution < 1.29 is 24.2 Å². The summed E-state index contributed by atoms with van der Waals surface area (Å²) in [4.78, 5) is 38.3. The van der Waals surface area contributed by atoms with Gasteiger partial charge in [-0.1, -0.05) is 56.3 Å². The number of aliphatic hydroxyl groups excluding tert-OH is 1. The van der Waals surface area contributed by atoms with Crippen molar-refractivity contribution in [2.24, 2.45) is 17.8 Å². The van der Waals surface area contributed by atoms with Crippen molar-refractivity contribution in [1.82, 2.24) is 10.6 Å². The van der Waals surface area contributed by atoms with Crippen LogP contribution in [0.4, 0.5) is 0 Å². The number of hydrogen-bond donors (Lipinski definition) is 3. The smallest absolute Gasteiger partial charge is 0.309 e. The number of allylic oxidation sites excluding steroid dienone is 2. The van der Waals surface area contributed by atoms with Crippen molar-refractivity contribution in [3.8, 4) is 0 Å². The number of nitrogens with one attached hydrogen (secondary N) is 2. The average Bonchev–Trinajstić information content (AvgIpc) is 2.85. The molecule has 7 nitrogen and oxygen atoms in total. The summed E-state index contributed by atoms with van der Waals surface area (Å²) in [6.07, 6.45) is 6.74. The predicted octanol–water partition coefficient (Wildman–Crippen LogP) is 3.97. The van der Waals surface area contributed by atoms with E-state index in [9.17, 15) is 14.4 Å². The number of hydrogen-bond acceptors (Lipinski definition) is 5. The van der Waals surface area contributed by atoms with E-state index in [1.165, 1.54) is 0 Å². The van der Waals surface area contributed by atoms with Crippen molar-refractivity contribution in [2.45, 2.75) is 71.4 Å². The van der Waals surface area contributed by atoms with Gasteiger partial charge in [0.05, 0.1) is 24.5 Å². The van der Waals surface area contributed by atoms with Gasteiger partial charge < -0.3 is 20.5 Å². The van der Waals surface area contributed by atoms with Gasteiger partial charge in [-0.15, -0.1) is 13.2 Å². The molecule has 0 aliphatic heterocycles. The molecule has 4 unspecified atom stereocenters. The van der Waals surface area contributed by atoms with Crippen LogP contribution in [-0.4, -0.2) is 48.2 Å². The van der Waals surface area contributed by atoms with Crippen molar-refractivity contribution >= 4 is 17.8 Å². The van der Waals surface area contributed by atoms with Gasteiger partial charge in [0.15, 0.2) is 0 Å². The van der Waals surface area contributed by atoms with Crippen LogP contribution in [0.3, 0.4) is 0 Å². The second-order valence-electron chi connectivity index (χ2n) is 9.67. The minimum Gasteiger partial charge on any atom is -0.463 e. The number of unbranched alkanes of at least 4 members (excludes halogenated alkanes) is 1. The Hall–Kier alpha value is -2.93. The zero-order chi connectivity index (χ0) is 26.9. The van der Waals surface area contributed by atoms with Gasteiger partial charge in [0.1, 0.15) is 6.61 Å². The molecule has 0 aliphatic carbocycles. The maximum absolute atomic E-state index is 13.0. The Morgan fingerprint density at radius 3 is 2.31 bits per heavy atom. The highest BCUT2D eigenvalue weighted by atomic mass is 16.5. The summed E-state index contributed by atoms with van der Waals surface area (Å²) in [5.74, 6) is -1.74. The fourth-order valence-electron chi connectivity index (χ4n) is 3.79. The second kappa shape index (κ2) is 17.5. The Morgan fingerprint density at radius 2 is 1.72 bits per heavy atom. The molecule has 2 amide bonds. The van der Waals surface area contributed by atoms with Gasteiger partial charge in [0, 0.05) is 12.5 Å².